The molecule has 0 unspecified atom stereocenters. The summed E-state index contributed by atoms with van der Waals surface area (Å²) in [7, 11) is 0. The smallest absolute Gasteiger partial charge is 0.338 e. The molecule has 0 spiro atoms. The molecule has 3 nitrogen and oxygen atoms in total. The fourth-order valence-corrected chi connectivity index (χ4v) is 2.39. The third-order valence-electron chi connectivity index (χ3n) is 2.60. The van der Waals surface area contributed by atoms with Crippen LogP contribution in [0.3, 0.4) is 0 Å². The average Bonchev–Trinajstić information content (AvgIpc) is 2.24. The monoisotopic (exact) mass is 299 g/mol. The van der Waals surface area contributed by atoms with Gasteiger partial charge in [0.1, 0.15) is 0 Å². The van der Waals surface area contributed by atoms with Gasteiger partial charge < -0.3 is 10.0 Å². The van der Waals surface area contributed by atoms with Gasteiger partial charge in [-0.2, -0.15) is 0 Å². The molecule has 1 rings (SSSR count). The minimum Gasteiger partial charge on any atom is -0.478 e. The van der Waals surface area contributed by atoms with Crippen molar-refractivity contribution in [2.75, 3.05) is 11.4 Å². The number of halogens is 1. The normalized spacial score (nSPS) is 10.6. The molecule has 0 radical (unpaired) electrons. The highest BCUT2D eigenvalue weighted by Crippen LogP contribution is 2.29. The number of carbonyl (C=O) groups is 1. The van der Waals surface area contributed by atoms with Crippen molar-refractivity contribution in [1.29, 1.82) is 0 Å². The van der Waals surface area contributed by atoms with Crippen LogP contribution >= 0.6 is 15.9 Å². The first-order valence-corrected chi connectivity index (χ1v) is 6.56. The van der Waals surface area contributed by atoms with Gasteiger partial charge in [-0.15, -0.1) is 0 Å². The van der Waals surface area contributed by atoms with E-state index in [0.29, 0.717) is 10.0 Å². The van der Waals surface area contributed by atoms with Crippen LogP contribution < -0.4 is 4.90 Å². The number of hydrogen-bond donors (Lipinski definition) is 1. The zero-order valence-corrected chi connectivity index (χ0v) is 12.0. The summed E-state index contributed by atoms with van der Waals surface area (Å²) >= 11 is 3.31. The number of carboxylic acid groups (broad SMARTS) is 1. The number of rotatable bonds is 5. The van der Waals surface area contributed by atoms with E-state index >= 15 is 0 Å². The lowest BCUT2D eigenvalue weighted by Crippen LogP contribution is -2.32. The molecule has 0 aromatic heterocycles. The van der Waals surface area contributed by atoms with Crippen molar-refractivity contribution >= 4 is 27.6 Å². The van der Waals surface area contributed by atoms with Gasteiger partial charge in [-0.1, -0.05) is 13.0 Å². The van der Waals surface area contributed by atoms with Crippen LogP contribution in [0.2, 0.25) is 0 Å². The molecule has 0 saturated heterocycles. The molecule has 0 saturated carbocycles. The molecule has 4 heteroatoms. The first-order valence-electron chi connectivity index (χ1n) is 5.77. The molecule has 1 aromatic rings. The van der Waals surface area contributed by atoms with Gasteiger partial charge >= 0.3 is 5.97 Å². The average molecular weight is 300 g/mol. The second kappa shape index (κ2) is 6.05. The number of aromatic carboxylic acids is 1. The predicted octanol–water partition coefficient (Wildman–Crippen LogP) is 3.77. The van der Waals surface area contributed by atoms with E-state index in [0.717, 1.165) is 18.7 Å². The van der Waals surface area contributed by atoms with Crippen molar-refractivity contribution in [3.8, 4) is 0 Å². The van der Waals surface area contributed by atoms with E-state index in [1.54, 1.807) is 6.07 Å². The highest BCUT2D eigenvalue weighted by atomic mass is 79.9. The van der Waals surface area contributed by atoms with Crippen LogP contribution in [0.25, 0.3) is 0 Å². The Morgan fingerprint density at radius 3 is 2.59 bits per heavy atom. The Morgan fingerprint density at radius 1 is 1.47 bits per heavy atom. The van der Waals surface area contributed by atoms with Crippen LogP contribution in [0.4, 0.5) is 5.69 Å². The molecule has 1 N–H and O–H groups in total. The summed E-state index contributed by atoms with van der Waals surface area (Å²) in [5.41, 5.74) is 1.12. The third kappa shape index (κ3) is 3.22. The van der Waals surface area contributed by atoms with Crippen molar-refractivity contribution in [1.82, 2.24) is 0 Å². The Morgan fingerprint density at radius 2 is 2.12 bits per heavy atom. The summed E-state index contributed by atoms with van der Waals surface area (Å²) in [5, 5.41) is 9.29. The second-order valence-corrected chi connectivity index (χ2v) is 5.08. The van der Waals surface area contributed by atoms with Gasteiger partial charge in [0.25, 0.3) is 0 Å². The highest BCUT2D eigenvalue weighted by Gasteiger charge is 2.19. The van der Waals surface area contributed by atoms with Crippen molar-refractivity contribution in [3.63, 3.8) is 0 Å². The molecule has 0 amide bonds. The molecule has 0 fully saturated rings. The van der Waals surface area contributed by atoms with Gasteiger partial charge in [-0.05, 0) is 48.3 Å². The van der Waals surface area contributed by atoms with Crippen molar-refractivity contribution < 1.29 is 9.90 Å². The fourth-order valence-electron chi connectivity index (χ4n) is 1.86. The van der Waals surface area contributed by atoms with E-state index in [1.165, 1.54) is 0 Å². The molecular formula is C13H18BrNO2. The lowest BCUT2D eigenvalue weighted by molar-refractivity contribution is 0.0696. The Bertz CT molecular complexity index is 404. The molecular weight excluding hydrogens is 282 g/mol. The Balaban J connectivity index is 3.27. The van der Waals surface area contributed by atoms with Crippen LogP contribution in [-0.4, -0.2) is 23.7 Å². The van der Waals surface area contributed by atoms with Gasteiger partial charge in [0.05, 0.1) is 11.3 Å². The summed E-state index contributed by atoms with van der Waals surface area (Å²) in [6, 6.07) is 5.78. The van der Waals surface area contributed by atoms with Crippen molar-refractivity contribution in [2.45, 2.75) is 33.2 Å². The Kier molecular flexibility index (Phi) is 5.00. The molecule has 0 heterocycles. The van der Waals surface area contributed by atoms with Crippen LogP contribution in [0, 0.1) is 0 Å². The standard InChI is InChI=1S/C13H18BrNO2/c1-4-8-15(9(2)3)11-7-5-6-10(14)12(11)13(16)17/h5-7,9H,4,8H2,1-3H3,(H,16,17). The lowest BCUT2D eigenvalue weighted by atomic mass is 10.1. The summed E-state index contributed by atoms with van der Waals surface area (Å²) in [4.78, 5) is 13.4. The van der Waals surface area contributed by atoms with E-state index in [1.807, 2.05) is 12.1 Å². The molecule has 1 aromatic carbocycles. The largest absolute Gasteiger partial charge is 0.478 e. The van der Waals surface area contributed by atoms with E-state index in [-0.39, 0.29) is 6.04 Å². The van der Waals surface area contributed by atoms with Gasteiger partial charge in [0, 0.05) is 17.1 Å². The van der Waals surface area contributed by atoms with Gasteiger partial charge in [-0.3, -0.25) is 0 Å². The van der Waals surface area contributed by atoms with Crippen LogP contribution in [0.15, 0.2) is 22.7 Å². The molecule has 17 heavy (non-hydrogen) atoms. The molecule has 0 atom stereocenters. The summed E-state index contributed by atoms with van der Waals surface area (Å²) in [6.07, 6.45) is 0.990. The summed E-state index contributed by atoms with van der Waals surface area (Å²) in [5.74, 6) is -0.894. The maximum absolute atomic E-state index is 11.3. The fraction of sp³-hybridized carbons (Fsp3) is 0.462. The van der Waals surface area contributed by atoms with E-state index in [4.69, 9.17) is 0 Å². The quantitative estimate of drug-likeness (QED) is 0.900. The third-order valence-corrected chi connectivity index (χ3v) is 3.26. The zero-order valence-electron chi connectivity index (χ0n) is 10.4. The molecule has 0 aliphatic heterocycles. The van der Waals surface area contributed by atoms with Gasteiger partial charge in [0.2, 0.25) is 0 Å². The maximum atomic E-state index is 11.3. The summed E-state index contributed by atoms with van der Waals surface area (Å²) < 4.78 is 0.629. The SMILES string of the molecule is CCCN(c1cccc(Br)c1C(=O)O)C(C)C. The minimum absolute atomic E-state index is 0.280. The molecule has 94 valence electrons. The summed E-state index contributed by atoms with van der Waals surface area (Å²) in [6.45, 7) is 7.09. The lowest BCUT2D eigenvalue weighted by Gasteiger charge is -2.30. The topological polar surface area (TPSA) is 40.5 Å². The first-order chi connectivity index (χ1) is 7.99. The van der Waals surface area contributed by atoms with Crippen molar-refractivity contribution in [2.24, 2.45) is 0 Å². The van der Waals surface area contributed by atoms with E-state index < -0.39 is 5.97 Å². The molecule has 0 bridgehead atoms. The number of hydrogen-bond acceptors (Lipinski definition) is 2. The van der Waals surface area contributed by atoms with Crippen LogP contribution in [0.1, 0.15) is 37.6 Å². The van der Waals surface area contributed by atoms with Gasteiger partial charge in [0.15, 0.2) is 0 Å². The maximum Gasteiger partial charge on any atom is 0.338 e. The number of anilines is 1. The van der Waals surface area contributed by atoms with E-state index in [9.17, 15) is 9.90 Å². The zero-order chi connectivity index (χ0) is 13.0. The van der Waals surface area contributed by atoms with Gasteiger partial charge in [-0.25, -0.2) is 4.79 Å². The number of benzene rings is 1. The molecule has 0 aliphatic rings. The van der Waals surface area contributed by atoms with Crippen LogP contribution in [0.5, 0.6) is 0 Å². The predicted molar refractivity (Wildman–Crippen MR) is 73.9 cm³/mol. The Hall–Kier alpha value is -1.03. The molecule has 0 aliphatic carbocycles. The minimum atomic E-state index is -0.894. The first kappa shape index (κ1) is 14.0. The van der Waals surface area contributed by atoms with E-state index in [2.05, 4.69) is 41.6 Å². The second-order valence-electron chi connectivity index (χ2n) is 4.23. The number of nitrogens with zero attached hydrogens (tertiary/aromatic N) is 1. The number of carboxylic acids is 1. The van der Waals surface area contributed by atoms with Crippen LogP contribution in [-0.2, 0) is 0 Å². The van der Waals surface area contributed by atoms with Crippen molar-refractivity contribution in [3.05, 3.63) is 28.2 Å². The Labute approximate surface area is 111 Å². The highest BCUT2D eigenvalue weighted by molar-refractivity contribution is 9.10.